The summed E-state index contributed by atoms with van der Waals surface area (Å²) in [5.74, 6) is 1.27. The molecule has 3 aromatic carbocycles. The number of fused-ring (bicyclic) bond motifs is 1. The molecule has 122 valence electrons. The molecule has 0 aliphatic heterocycles. The number of hydrogen-bond donors (Lipinski definition) is 1. The van der Waals surface area contributed by atoms with Crippen LogP contribution in [0.5, 0.6) is 0 Å². The minimum Gasteiger partial charge on any atom is -0.340 e. The van der Waals surface area contributed by atoms with Gasteiger partial charge in [0, 0.05) is 21.7 Å². The van der Waals surface area contributed by atoms with E-state index in [1.165, 1.54) is 0 Å². The minimum absolute atomic E-state index is 0.554. The van der Waals surface area contributed by atoms with Crippen LogP contribution in [0.3, 0.4) is 0 Å². The average molecular weight is 366 g/mol. The summed E-state index contributed by atoms with van der Waals surface area (Å²) in [7, 11) is 0. The van der Waals surface area contributed by atoms with Gasteiger partial charge in [-0.1, -0.05) is 53.5 Å². The van der Waals surface area contributed by atoms with E-state index < -0.39 is 0 Å². The molecule has 0 fully saturated rings. The van der Waals surface area contributed by atoms with Gasteiger partial charge in [0.2, 0.25) is 0 Å². The van der Waals surface area contributed by atoms with E-state index in [4.69, 9.17) is 28.2 Å². The third kappa shape index (κ3) is 3.29. The van der Waals surface area contributed by atoms with Crippen molar-refractivity contribution in [1.29, 1.82) is 0 Å². The van der Waals surface area contributed by atoms with Crippen molar-refractivity contribution in [3.05, 3.63) is 82.8 Å². The number of para-hydroxylation sites is 1. The maximum absolute atomic E-state index is 6.33. The third-order valence-corrected chi connectivity index (χ3v) is 4.37. The molecule has 4 rings (SSSR count). The predicted octanol–water partition coefficient (Wildman–Crippen LogP) is 6.35. The highest BCUT2D eigenvalue weighted by Gasteiger charge is 2.12. The molecule has 1 heterocycles. The zero-order chi connectivity index (χ0) is 17.2. The zero-order valence-electron chi connectivity index (χ0n) is 13.1. The van der Waals surface area contributed by atoms with Crippen LogP contribution in [-0.2, 0) is 0 Å². The number of aromatic nitrogens is 2. The number of benzene rings is 3. The van der Waals surface area contributed by atoms with Crippen molar-refractivity contribution in [2.75, 3.05) is 5.32 Å². The SMILES string of the molecule is Clc1ccc2c(Nc3ccccc3)nc(-c3ccccc3Cl)nc2c1. The fourth-order valence-corrected chi connectivity index (χ4v) is 3.01. The molecule has 0 aliphatic carbocycles. The number of nitrogens with zero attached hydrogens (tertiary/aromatic N) is 2. The van der Waals surface area contributed by atoms with Gasteiger partial charge in [0.15, 0.2) is 5.82 Å². The van der Waals surface area contributed by atoms with Gasteiger partial charge in [0.25, 0.3) is 0 Å². The van der Waals surface area contributed by atoms with E-state index in [0.717, 1.165) is 22.2 Å². The van der Waals surface area contributed by atoms with Crippen molar-refractivity contribution >= 4 is 45.6 Å². The molecule has 3 nitrogen and oxygen atoms in total. The first-order valence-corrected chi connectivity index (χ1v) is 8.50. The van der Waals surface area contributed by atoms with Crippen LogP contribution in [0, 0.1) is 0 Å². The summed E-state index contributed by atoms with van der Waals surface area (Å²) in [6, 6.07) is 23.0. The van der Waals surface area contributed by atoms with Gasteiger partial charge in [-0.3, -0.25) is 0 Å². The van der Waals surface area contributed by atoms with Gasteiger partial charge in [-0.15, -0.1) is 0 Å². The largest absolute Gasteiger partial charge is 0.340 e. The molecule has 0 aliphatic rings. The van der Waals surface area contributed by atoms with Gasteiger partial charge >= 0.3 is 0 Å². The molecule has 4 aromatic rings. The normalized spacial score (nSPS) is 10.8. The van der Waals surface area contributed by atoms with E-state index in [-0.39, 0.29) is 0 Å². The number of nitrogens with one attached hydrogen (secondary N) is 1. The molecule has 0 atom stereocenters. The Kier molecular flexibility index (Phi) is 4.26. The Balaban J connectivity index is 1.92. The monoisotopic (exact) mass is 365 g/mol. The summed E-state index contributed by atoms with van der Waals surface area (Å²) in [4.78, 5) is 9.36. The lowest BCUT2D eigenvalue weighted by Crippen LogP contribution is -1.99. The highest BCUT2D eigenvalue weighted by molar-refractivity contribution is 6.33. The summed E-state index contributed by atoms with van der Waals surface area (Å²) >= 11 is 12.5. The number of rotatable bonds is 3. The highest BCUT2D eigenvalue weighted by Crippen LogP contribution is 2.31. The molecule has 0 radical (unpaired) electrons. The second-order valence-corrected chi connectivity index (χ2v) is 6.37. The average Bonchev–Trinajstić information content (AvgIpc) is 2.62. The fourth-order valence-electron chi connectivity index (χ4n) is 2.62. The highest BCUT2D eigenvalue weighted by atomic mass is 35.5. The van der Waals surface area contributed by atoms with Crippen LogP contribution in [0.1, 0.15) is 0 Å². The molecule has 1 N–H and O–H groups in total. The van der Waals surface area contributed by atoms with Gasteiger partial charge in [-0.2, -0.15) is 0 Å². The lowest BCUT2D eigenvalue weighted by atomic mass is 10.1. The second-order valence-electron chi connectivity index (χ2n) is 5.53. The smallest absolute Gasteiger partial charge is 0.163 e. The molecule has 25 heavy (non-hydrogen) atoms. The van der Waals surface area contributed by atoms with Crippen molar-refractivity contribution in [3.63, 3.8) is 0 Å². The second kappa shape index (κ2) is 6.71. The van der Waals surface area contributed by atoms with Crippen molar-refractivity contribution in [2.24, 2.45) is 0 Å². The topological polar surface area (TPSA) is 37.8 Å². The third-order valence-electron chi connectivity index (χ3n) is 3.81. The Labute approximate surface area is 155 Å². The van der Waals surface area contributed by atoms with Gasteiger partial charge in [0.1, 0.15) is 5.82 Å². The van der Waals surface area contributed by atoms with Crippen LogP contribution in [-0.4, -0.2) is 9.97 Å². The van der Waals surface area contributed by atoms with Crippen molar-refractivity contribution < 1.29 is 0 Å². The van der Waals surface area contributed by atoms with Crippen molar-refractivity contribution in [1.82, 2.24) is 9.97 Å². The molecule has 0 saturated heterocycles. The lowest BCUT2D eigenvalue weighted by Gasteiger charge is -2.12. The lowest BCUT2D eigenvalue weighted by molar-refractivity contribution is 1.22. The Bertz CT molecular complexity index is 1050. The van der Waals surface area contributed by atoms with Crippen molar-refractivity contribution in [3.8, 4) is 11.4 Å². The molecule has 0 unspecified atom stereocenters. The van der Waals surface area contributed by atoms with E-state index in [1.54, 1.807) is 0 Å². The summed E-state index contributed by atoms with van der Waals surface area (Å²) in [5.41, 5.74) is 2.49. The quantitative estimate of drug-likeness (QED) is 0.459. The Morgan fingerprint density at radius 3 is 2.32 bits per heavy atom. The van der Waals surface area contributed by atoms with E-state index in [1.807, 2.05) is 72.8 Å². The van der Waals surface area contributed by atoms with Crippen LogP contribution in [0.2, 0.25) is 10.0 Å². The summed E-state index contributed by atoms with van der Waals surface area (Å²) < 4.78 is 0. The van der Waals surface area contributed by atoms with Crippen LogP contribution < -0.4 is 5.32 Å². The summed E-state index contributed by atoms with van der Waals surface area (Å²) in [5, 5.41) is 5.48. The van der Waals surface area contributed by atoms with Gasteiger partial charge < -0.3 is 5.32 Å². The summed E-state index contributed by atoms with van der Waals surface area (Å²) in [6.07, 6.45) is 0. The van der Waals surface area contributed by atoms with Crippen LogP contribution in [0.25, 0.3) is 22.3 Å². The summed E-state index contributed by atoms with van der Waals surface area (Å²) in [6.45, 7) is 0. The number of anilines is 2. The first-order valence-electron chi connectivity index (χ1n) is 7.75. The first-order chi connectivity index (χ1) is 12.2. The fraction of sp³-hybridized carbons (Fsp3) is 0. The molecule has 0 spiro atoms. The van der Waals surface area contributed by atoms with E-state index in [0.29, 0.717) is 21.7 Å². The zero-order valence-corrected chi connectivity index (χ0v) is 14.6. The van der Waals surface area contributed by atoms with Gasteiger partial charge in [0.05, 0.1) is 10.5 Å². The van der Waals surface area contributed by atoms with Crippen LogP contribution >= 0.6 is 23.2 Å². The van der Waals surface area contributed by atoms with E-state index >= 15 is 0 Å². The predicted molar refractivity (Wildman–Crippen MR) is 105 cm³/mol. The van der Waals surface area contributed by atoms with Crippen LogP contribution in [0.15, 0.2) is 72.8 Å². The molecule has 0 amide bonds. The Morgan fingerprint density at radius 2 is 1.52 bits per heavy atom. The minimum atomic E-state index is 0.554. The van der Waals surface area contributed by atoms with Crippen molar-refractivity contribution in [2.45, 2.75) is 0 Å². The first kappa shape index (κ1) is 15.9. The standard InChI is InChI=1S/C20H13Cl2N3/c21-13-10-11-16-18(12-13)24-19(15-8-4-5-9-17(15)22)25-20(16)23-14-6-2-1-3-7-14/h1-12H,(H,23,24,25). The maximum atomic E-state index is 6.33. The van der Waals surface area contributed by atoms with Gasteiger partial charge in [-0.25, -0.2) is 9.97 Å². The molecule has 1 aromatic heterocycles. The van der Waals surface area contributed by atoms with Gasteiger partial charge in [-0.05, 0) is 42.5 Å². The van der Waals surface area contributed by atoms with E-state index in [9.17, 15) is 0 Å². The van der Waals surface area contributed by atoms with E-state index in [2.05, 4.69) is 10.3 Å². The van der Waals surface area contributed by atoms with Crippen LogP contribution in [0.4, 0.5) is 11.5 Å². The molecular formula is C20H13Cl2N3. The molecule has 0 bridgehead atoms. The Hall–Kier alpha value is -2.62. The molecular weight excluding hydrogens is 353 g/mol. The molecule has 5 heteroatoms. The number of halogens is 2. The maximum Gasteiger partial charge on any atom is 0.163 e. The Morgan fingerprint density at radius 1 is 0.760 bits per heavy atom. The number of hydrogen-bond acceptors (Lipinski definition) is 3. The molecule has 0 saturated carbocycles.